The lowest BCUT2D eigenvalue weighted by Gasteiger charge is -2.23. The zero-order chi connectivity index (χ0) is 9.71. The molecule has 1 fully saturated rings. The van der Waals surface area contributed by atoms with Gasteiger partial charge in [0.1, 0.15) is 5.15 Å². The number of ether oxygens (including phenoxy) is 1. The van der Waals surface area contributed by atoms with Crippen LogP contribution in [0.2, 0.25) is 10.4 Å². The fraction of sp³-hybridized carbons (Fsp3) is 0.556. The minimum Gasteiger partial charge on any atom is -0.370 e. The Bertz CT molecular complexity index is 397. The molecule has 3 nitrogen and oxygen atoms in total. The summed E-state index contributed by atoms with van der Waals surface area (Å²) in [6, 6.07) is 0. The van der Waals surface area contributed by atoms with Gasteiger partial charge in [-0.15, -0.1) is 0 Å². The number of fused-ring (bicyclic) bond motifs is 4. The monoisotopic (exact) mass is 230 g/mol. The molecule has 0 saturated carbocycles. The minimum atomic E-state index is 0.0912. The van der Waals surface area contributed by atoms with Crippen molar-refractivity contribution in [1.29, 1.82) is 0 Å². The molecule has 14 heavy (non-hydrogen) atoms. The lowest BCUT2D eigenvalue weighted by molar-refractivity contribution is 0.0308. The van der Waals surface area contributed by atoms with E-state index in [1.54, 1.807) is 0 Å². The van der Waals surface area contributed by atoms with Crippen LogP contribution in [0.3, 0.4) is 0 Å². The van der Waals surface area contributed by atoms with Gasteiger partial charge in [-0.25, -0.2) is 9.97 Å². The van der Waals surface area contributed by atoms with Crippen molar-refractivity contribution in [2.45, 2.75) is 31.5 Å². The summed E-state index contributed by atoms with van der Waals surface area (Å²) in [6.07, 6.45) is 3.30. The van der Waals surface area contributed by atoms with E-state index < -0.39 is 0 Å². The van der Waals surface area contributed by atoms with Crippen LogP contribution in [0.1, 0.15) is 30.2 Å². The Labute approximate surface area is 91.4 Å². The maximum atomic E-state index is 6.02. The van der Waals surface area contributed by atoms with Gasteiger partial charge in [0, 0.05) is 12.0 Å². The van der Waals surface area contributed by atoms with Gasteiger partial charge in [0.2, 0.25) is 5.28 Å². The Morgan fingerprint density at radius 2 is 2.07 bits per heavy atom. The second kappa shape index (κ2) is 3.05. The topological polar surface area (TPSA) is 35.0 Å². The quantitative estimate of drug-likeness (QED) is 0.508. The Morgan fingerprint density at radius 3 is 2.93 bits per heavy atom. The van der Waals surface area contributed by atoms with Crippen LogP contribution >= 0.6 is 23.2 Å². The van der Waals surface area contributed by atoms with Crippen LogP contribution in [-0.2, 0) is 11.2 Å². The molecular weight excluding hydrogens is 223 g/mol. The van der Waals surface area contributed by atoms with Gasteiger partial charge in [-0.05, 0) is 24.4 Å². The highest BCUT2D eigenvalue weighted by Gasteiger charge is 2.36. The molecule has 3 heterocycles. The van der Waals surface area contributed by atoms with Crippen molar-refractivity contribution in [3.05, 3.63) is 21.7 Å². The summed E-state index contributed by atoms with van der Waals surface area (Å²) in [5.74, 6) is 0. The standard InChI is InChI=1S/C9H8Cl2N2O/c10-8-7-5(12-9(11)13-8)3-4-1-2-6(7)14-4/h4,6H,1-3H2. The molecule has 2 aliphatic rings. The summed E-state index contributed by atoms with van der Waals surface area (Å²) in [4.78, 5) is 8.15. The molecule has 0 N–H and O–H groups in total. The lowest BCUT2D eigenvalue weighted by Crippen LogP contribution is -2.20. The van der Waals surface area contributed by atoms with E-state index in [0.29, 0.717) is 11.3 Å². The maximum Gasteiger partial charge on any atom is 0.224 e. The van der Waals surface area contributed by atoms with Gasteiger partial charge in [-0.3, -0.25) is 0 Å². The molecule has 0 radical (unpaired) electrons. The molecule has 0 spiro atoms. The van der Waals surface area contributed by atoms with Crippen molar-refractivity contribution < 1.29 is 4.74 Å². The van der Waals surface area contributed by atoms with E-state index in [0.717, 1.165) is 30.5 Å². The second-order valence-corrected chi connectivity index (χ2v) is 4.37. The van der Waals surface area contributed by atoms with E-state index in [1.165, 1.54) is 0 Å². The van der Waals surface area contributed by atoms with Crippen LogP contribution in [-0.4, -0.2) is 16.1 Å². The van der Waals surface area contributed by atoms with Gasteiger partial charge in [-0.1, -0.05) is 11.6 Å². The summed E-state index contributed by atoms with van der Waals surface area (Å²) in [6.45, 7) is 0. The summed E-state index contributed by atoms with van der Waals surface area (Å²) in [5, 5.41) is 0.681. The van der Waals surface area contributed by atoms with E-state index in [-0.39, 0.29) is 11.4 Å². The van der Waals surface area contributed by atoms with Crippen molar-refractivity contribution in [1.82, 2.24) is 9.97 Å². The highest BCUT2D eigenvalue weighted by atomic mass is 35.5. The molecule has 1 aromatic heterocycles. The van der Waals surface area contributed by atoms with Crippen molar-refractivity contribution >= 4 is 23.2 Å². The fourth-order valence-electron chi connectivity index (χ4n) is 2.22. The van der Waals surface area contributed by atoms with Gasteiger partial charge in [0.05, 0.1) is 17.9 Å². The molecule has 0 aromatic carbocycles. The molecule has 2 unspecified atom stereocenters. The Kier molecular flexibility index (Phi) is 1.94. The number of nitrogens with zero attached hydrogens (tertiary/aromatic N) is 2. The molecular formula is C9H8Cl2N2O. The first kappa shape index (κ1) is 8.89. The zero-order valence-corrected chi connectivity index (χ0v) is 8.85. The molecule has 0 aliphatic carbocycles. The van der Waals surface area contributed by atoms with Crippen LogP contribution in [0.4, 0.5) is 0 Å². The average molecular weight is 231 g/mol. The first-order valence-corrected chi connectivity index (χ1v) is 5.37. The van der Waals surface area contributed by atoms with Crippen molar-refractivity contribution in [2.75, 3.05) is 0 Å². The van der Waals surface area contributed by atoms with Gasteiger partial charge in [-0.2, -0.15) is 0 Å². The van der Waals surface area contributed by atoms with Gasteiger partial charge >= 0.3 is 0 Å². The molecule has 5 heteroatoms. The third-order valence-electron chi connectivity index (χ3n) is 2.80. The molecule has 1 aromatic rings. The zero-order valence-electron chi connectivity index (χ0n) is 7.33. The van der Waals surface area contributed by atoms with Crippen LogP contribution in [0.25, 0.3) is 0 Å². The third kappa shape index (κ3) is 1.23. The van der Waals surface area contributed by atoms with Crippen molar-refractivity contribution in [3.63, 3.8) is 0 Å². The lowest BCUT2D eigenvalue weighted by atomic mass is 10.1. The molecule has 3 rings (SSSR count). The highest BCUT2D eigenvalue weighted by Crippen LogP contribution is 2.42. The Hall–Kier alpha value is -0.380. The largest absolute Gasteiger partial charge is 0.370 e. The number of halogens is 2. The van der Waals surface area contributed by atoms with E-state index >= 15 is 0 Å². The highest BCUT2D eigenvalue weighted by molar-refractivity contribution is 6.32. The minimum absolute atomic E-state index is 0.0912. The van der Waals surface area contributed by atoms with Gasteiger partial charge in [0.15, 0.2) is 0 Å². The molecule has 0 amide bonds. The first-order chi connectivity index (χ1) is 6.74. The molecule has 74 valence electrons. The summed E-state index contributed by atoms with van der Waals surface area (Å²) in [7, 11) is 0. The Balaban J connectivity index is 2.18. The predicted molar refractivity (Wildman–Crippen MR) is 52.6 cm³/mol. The van der Waals surface area contributed by atoms with E-state index in [1.807, 2.05) is 0 Å². The van der Waals surface area contributed by atoms with E-state index in [4.69, 9.17) is 27.9 Å². The summed E-state index contributed by atoms with van der Waals surface area (Å²) >= 11 is 11.8. The smallest absolute Gasteiger partial charge is 0.224 e. The summed E-state index contributed by atoms with van der Waals surface area (Å²) < 4.78 is 5.74. The van der Waals surface area contributed by atoms with Crippen molar-refractivity contribution in [2.24, 2.45) is 0 Å². The molecule has 2 aliphatic heterocycles. The van der Waals surface area contributed by atoms with Crippen LogP contribution in [0, 0.1) is 0 Å². The van der Waals surface area contributed by atoms with E-state index in [2.05, 4.69) is 9.97 Å². The number of hydrogen-bond donors (Lipinski definition) is 0. The SMILES string of the molecule is Clc1nc(Cl)c2c(n1)CC1CCC2O1. The van der Waals surface area contributed by atoms with Crippen LogP contribution in [0.15, 0.2) is 0 Å². The van der Waals surface area contributed by atoms with Crippen molar-refractivity contribution in [3.8, 4) is 0 Å². The van der Waals surface area contributed by atoms with Gasteiger partial charge < -0.3 is 4.74 Å². The normalized spacial score (nSPS) is 29.0. The van der Waals surface area contributed by atoms with Gasteiger partial charge in [0.25, 0.3) is 0 Å². The number of rotatable bonds is 0. The summed E-state index contributed by atoms with van der Waals surface area (Å²) in [5.41, 5.74) is 1.92. The molecule has 2 atom stereocenters. The average Bonchev–Trinajstić information content (AvgIpc) is 2.46. The fourth-order valence-corrected chi connectivity index (χ4v) is 2.76. The predicted octanol–water partition coefficient (Wildman–Crippen LogP) is 2.56. The third-order valence-corrected chi connectivity index (χ3v) is 3.26. The number of aromatic nitrogens is 2. The number of hydrogen-bond acceptors (Lipinski definition) is 3. The maximum absolute atomic E-state index is 6.02. The Morgan fingerprint density at radius 1 is 1.21 bits per heavy atom. The van der Waals surface area contributed by atoms with Crippen LogP contribution in [0.5, 0.6) is 0 Å². The molecule has 2 bridgehead atoms. The second-order valence-electron chi connectivity index (χ2n) is 3.67. The van der Waals surface area contributed by atoms with E-state index in [9.17, 15) is 0 Å². The molecule has 1 saturated heterocycles. The van der Waals surface area contributed by atoms with Crippen LogP contribution < -0.4 is 0 Å². The first-order valence-electron chi connectivity index (χ1n) is 4.61.